The smallest absolute Gasteiger partial charge is 0.319 e. The summed E-state index contributed by atoms with van der Waals surface area (Å²) >= 11 is 13.2. The molecule has 3 fully saturated rings. The van der Waals surface area contributed by atoms with Crippen molar-refractivity contribution >= 4 is 80.8 Å². The Morgan fingerprint density at radius 1 is 0.683 bits per heavy atom. The van der Waals surface area contributed by atoms with Crippen molar-refractivity contribution in [3.8, 4) is 12.1 Å². The van der Waals surface area contributed by atoms with E-state index in [4.69, 9.17) is 80.5 Å². The van der Waals surface area contributed by atoms with Crippen LogP contribution in [0.25, 0.3) is 10.8 Å². The Labute approximate surface area is 616 Å². The number of halogens is 3. The van der Waals surface area contributed by atoms with Crippen LogP contribution in [0, 0.1) is 11.3 Å². The molecule has 1 unspecified atom stereocenters. The van der Waals surface area contributed by atoms with Gasteiger partial charge in [-0.3, -0.25) is 29.4 Å². The molecule has 0 radical (unpaired) electrons. The van der Waals surface area contributed by atoms with Gasteiger partial charge in [-0.15, -0.1) is 0 Å². The van der Waals surface area contributed by atoms with Crippen molar-refractivity contribution in [3.05, 3.63) is 129 Å². The summed E-state index contributed by atoms with van der Waals surface area (Å²) in [7, 11) is 0. The molecular formula is C75H96Cl2FN11O15. The van der Waals surface area contributed by atoms with E-state index in [0.717, 1.165) is 96.0 Å². The number of aryl methyl sites for hydroxylation is 1. The fraction of sp³-hybridized carbons (Fsp3) is 0.547. The molecule has 26 nitrogen and oxygen atoms in total. The molecule has 0 spiro atoms. The van der Waals surface area contributed by atoms with Crippen molar-refractivity contribution in [2.45, 2.75) is 102 Å². The average Bonchev–Trinajstić information content (AvgIpc) is 1.76. The maximum Gasteiger partial charge on any atom is 0.319 e. The lowest BCUT2D eigenvalue weighted by molar-refractivity contribution is -0.137. The second-order valence-corrected chi connectivity index (χ2v) is 26.8. The molecule has 6 heterocycles. The Morgan fingerprint density at radius 2 is 1.35 bits per heavy atom. The molecule has 6 amide bonds. The third-order valence-corrected chi connectivity index (χ3v) is 19.2. The number of unbranched alkanes of at least 4 members (excludes halogenated alkanes) is 2. The van der Waals surface area contributed by atoms with Gasteiger partial charge in [0.2, 0.25) is 11.8 Å². The van der Waals surface area contributed by atoms with Crippen LogP contribution in [0.15, 0.2) is 85.2 Å². The van der Waals surface area contributed by atoms with Gasteiger partial charge in [0.15, 0.2) is 5.83 Å². The topological polar surface area (TPSA) is 280 Å². The predicted octanol–water partition coefficient (Wildman–Crippen LogP) is 8.40. The lowest BCUT2D eigenvalue weighted by Gasteiger charge is -2.42. The minimum atomic E-state index is -1.05. The van der Waals surface area contributed by atoms with Crippen LogP contribution in [0.5, 0.6) is 6.01 Å². The summed E-state index contributed by atoms with van der Waals surface area (Å²) in [5, 5.41) is 21.0. The maximum atomic E-state index is 14.1. The van der Waals surface area contributed by atoms with Crippen molar-refractivity contribution in [2.24, 2.45) is 0 Å². The molecule has 5 aliphatic rings. The Kier molecular flexibility index (Phi) is 31.8. The van der Waals surface area contributed by atoms with Gasteiger partial charge >= 0.3 is 12.0 Å². The third-order valence-electron chi connectivity index (χ3n) is 18.7. The summed E-state index contributed by atoms with van der Waals surface area (Å²) in [6.45, 7) is 16.3. The number of rotatable bonds is 44. The number of carbonyl (C=O) groups is 5. The SMILES string of the molecule is C=C(F)C(=O)N1CCN(c2nc(OC[C@@H]3CCCN3CCOCCOCCOCCOCCOCCOCCOCCOCCOCCCCCc3cc(Cl)cc(NC(=O)NCc4ccc5c(c4)CN(C4CCC(=O)NC4=O)C5=O)c3)nc3c2CCN(c2cccc4cccc(Cl)c24)C3)C[C@@H]1CC#N. The summed E-state index contributed by atoms with van der Waals surface area (Å²) in [4.78, 5) is 82.4. The molecular weight excluding hydrogens is 1380 g/mol. The quantitative estimate of drug-likeness (QED) is 0.0187. The number of urea groups is 1. The first-order chi connectivity index (χ1) is 50.8. The number of imide groups is 1. The van der Waals surface area contributed by atoms with E-state index in [1.165, 1.54) is 9.80 Å². The molecule has 0 saturated carbocycles. The number of fused-ring (bicyclic) bond motifs is 3. The minimum absolute atomic E-state index is 0.0348. The normalized spacial score (nSPS) is 17.5. The number of nitriles is 1. The number of piperazine rings is 1. The number of hydrogen-bond acceptors (Lipinski definition) is 21. The number of ether oxygens (including phenoxy) is 10. The van der Waals surface area contributed by atoms with E-state index >= 15 is 0 Å². The van der Waals surface area contributed by atoms with Gasteiger partial charge in [-0.05, 0) is 110 Å². The number of nitrogens with one attached hydrogen (secondary N) is 3. The lowest BCUT2D eigenvalue weighted by Crippen LogP contribution is -2.55. The molecule has 3 atom stereocenters. The lowest BCUT2D eigenvalue weighted by atomic mass is 10.0. The van der Waals surface area contributed by atoms with Crippen LogP contribution in [0.2, 0.25) is 10.0 Å². The van der Waals surface area contributed by atoms with Gasteiger partial charge in [-0.1, -0.05) is 72.6 Å². The molecule has 0 aliphatic carbocycles. The zero-order valence-electron chi connectivity index (χ0n) is 59.1. The van der Waals surface area contributed by atoms with Crippen molar-refractivity contribution < 1.29 is 75.7 Å². The fourth-order valence-electron chi connectivity index (χ4n) is 13.5. The number of anilines is 3. The zero-order valence-corrected chi connectivity index (χ0v) is 60.6. The first kappa shape index (κ1) is 78.9. The first-order valence-electron chi connectivity index (χ1n) is 36.1. The van der Waals surface area contributed by atoms with Crippen molar-refractivity contribution in [2.75, 3.05) is 180 Å². The number of nitrogens with zero attached hydrogens (tertiary/aromatic N) is 8. The van der Waals surface area contributed by atoms with Gasteiger partial charge in [0, 0.05) is 97.8 Å². The number of aromatic nitrogens is 2. The zero-order chi connectivity index (χ0) is 72.8. The number of hydrogen-bond donors (Lipinski definition) is 3. The maximum absolute atomic E-state index is 14.1. The van der Waals surface area contributed by atoms with Crippen LogP contribution in [0.4, 0.5) is 26.4 Å². The Bertz CT molecular complexity index is 3720. The summed E-state index contributed by atoms with van der Waals surface area (Å²) in [5.41, 5.74) is 6.51. The van der Waals surface area contributed by atoms with E-state index in [0.29, 0.717) is 192 Å². The van der Waals surface area contributed by atoms with Crippen molar-refractivity contribution in [3.63, 3.8) is 0 Å². The molecule has 104 heavy (non-hydrogen) atoms. The largest absolute Gasteiger partial charge is 0.462 e. The third kappa shape index (κ3) is 23.7. The number of benzene rings is 4. The standard InChI is InChI=1S/C75H96Cl2FN11O15/c1-53(78)72(92)88-24-23-87(50-60(88)18-20-79)70-63-19-22-86(66-13-6-10-56-9-5-12-64(77)69(56)66)51-65(63)82-75(84-70)104-52-61-11-7-21-85(61)25-27-96-29-31-98-33-35-100-37-39-102-41-43-103-42-40-101-38-36-99-34-32-97-30-28-95-26-4-2-3-8-54-45-58(76)47-59(46-54)81-74(94)80-48-55-14-15-62-57(44-55)49-89(73(62)93)67-16-17-68(90)83-71(67)91/h5-6,9-10,12-15,44-47,60-61,67H,1-4,7-8,11,16-19,21-43,48-52H2,(H2,80,81,94)(H,83,90,91)/t60-,61-,67?/m0/s1. The molecule has 4 aromatic carbocycles. The molecule has 10 rings (SSSR count). The summed E-state index contributed by atoms with van der Waals surface area (Å²) in [5.74, 6) is -2.17. The van der Waals surface area contributed by atoms with Crippen molar-refractivity contribution in [1.82, 2.24) is 35.3 Å². The predicted molar refractivity (Wildman–Crippen MR) is 389 cm³/mol. The van der Waals surface area contributed by atoms with Crippen molar-refractivity contribution in [1.29, 1.82) is 5.26 Å². The van der Waals surface area contributed by atoms with E-state index in [9.17, 15) is 33.6 Å². The highest BCUT2D eigenvalue weighted by Gasteiger charge is 2.40. The highest BCUT2D eigenvalue weighted by Crippen LogP contribution is 2.38. The highest BCUT2D eigenvalue weighted by atomic mass is 35.5. The molecule has 5 aliphatic heterocycles. The summed E-state index contributed by atoms with van der Waals surface area (Å²) in [6.07, 6.45) is 6.73. The van der Waals surface area contributed by atoms with Crippen LogP contribution in [0.1, 0.15) is 89.7 Å². The van der Waals surface area contributed by atoms with Crippen LogP contribution >= 0.6 is 23.2 Å². The monoisotopic (exact) mass is 1480 g/mol. The van der Waals surface area contributed by atoms with Gasteiger partial charge in [0.1, 0.15) is 18.5 Å². The number of piperidine rings is 1. The molecule has 1 aromatic heterocycles. The van der Waals surface area contributed by atoms with Crippen LogP contribution in [-0.2, 0) is 89.5 Å². The van der Waals surface area contributed by atoms with Crippen LogP contribution < -0.4 is 30.5 Å². The van der Waals surface area contributed by atoms with Gasteiger partial charge < -0.3 is 77.6 Å². The van der Waals surface area contributed by atoms with Gasteiger partial charge in [-0.2, -0.15) is 15.2 Å². The van der Waals surface area contributed by atoms with Gasteiger partial charge in [0.25, 0.3) is 11.8 Å². The van der Waals surface area contributed by atoms with E-state index in [-0.39, 0.29) is 56.3 Å². The summed E-state index contributed by atoms with van der Waals surface area (Å²) in [6, 6.07) is 23.9. The Morgan fingerprint density at radius 3 is 2.01 bits per heavy atom. The number of carbonyl (C=O) groups excluding carboxylic acids is 5. The van der Waals surface area contributed by atoms with E-state index in [2.05, 4.69) is 61.5 Å². The molecule has 3 N–H and O–H groups in total. The molecule has 0 bridgehead atoms. The Balaban J connectivity index is 0.485. The number of amides is 6. The first-order valence-corrected chi connectivity index (χ1v) is 36.8. The molecule has 29 heteroatoms. The van der Waals surface area contributed by atoms with Gasteiger partial charge in [0.05, 0.1) is 148 Å². The second kappa shape index (κ2) is 41.9. The van der Waals surface area contributed by atoms with Crippen LogP contribution in [0.3, 0.4) is 0 Å². The summed E-state index contributed by atoms with van der Waals surface area (Å²) < 4.78 is 71.7. The number of likely N-dealkylation sites (tertiary alicyclic amines) is 1. The fourth-order valence-corrected chi connectivity index (χ4v) is 14.0. The van der Waals surface area contributed by atoms with E-state index in [1.807, 2.05) is 36.4 Å². The molecule has 562 valence electrons. The average molecular weight is 1480 g/mol. The van der Waals surface area contributed by atoms with E-state index < -0.39 is 35.8 Å². The van der Waals surface area contributed by atoms with E-state index in [1.54, 1.807) is 18.2 Å². The van der Waals surface area contributed by atoms with Gasteiger partial charge in [-0.25, -0.2) is 9.18 Å². The Hall–Kier alpha value is -7.69. The minimum Gasteiger partial charge on any atom is -0.462 e. The second-order valence-electron chi connectivity index (χ2n) is 25.9. The highest BCUT2D eigenvalue weighted by molar-refractivity contribution is 6.36. The molecule has 3 saturated heterocycles. The van der Waals surface area contributed by atoms with Crippen LogP contribution in [-0.4, -0.2) is 237 Å². The molecule has 5 aromatic rings.